The summed E-state index contributed by atoms with van der Waals surface area (Å²) in [6.45, 7) is 7.00. The summed E-state index contributed by atoms with van der Waals surface area (Å²) in [5.41, 5.74) is -0.197. The molecule has 1 aliphatic rings. The van der Waals surface area contributed by atoms with Crippen molar-refractivity contribution in [3.05, 3.63) is 71.9 Å². The Bertz CT molecular complexity index is 1940. The maximum atomic E-state index is 14.5. The Kier molecular flexibility index (Phi) is 8.12. The molecule has 2 atom stereocenters. The zero-order chi connectivity index (χ0) is 31.9. The minimum atomic E-state index is -4.82. The number of aromatic nitrogens is 5. The molecule has 14 heteroatoms. The number of hydrogen-bond donors (Lipinski definition) is 2. The van der Waals surface area contributed by atoms with E-state index in [1.54, 1.807) is 44.2 Å². The third-order valence-corrected chi connectivity index (χ3v) is 9.87. The number of halogens is 3. The van der Waals surface area contributed by atoms with Crippen LogP contribution in [-0.2, 0) is 16.2 Å². The highest BCUT2D eigenvalue weighted by molar-refractivity contribution is 7.90. The van der Waals surface area contributed by atoms with Crippen LogP contribution in [0, 0.1) is 19.8 Å². The predicted molar refractivity (Wildman–Crippen MR) is 163 cm³/mol. The molecule has 0 radical (unpaired) electrons. The fourth-order valence-corrected chi connectivity index (χ4v) is 7.19. The second-order valence-electron chi connectivity index (χ2n) is 11.2. The Labute approximate surface area is 258 Å². The fraction of sp³-hybridized carbons (Fsp3) is 0.355. The molecule has 1 saturated heterocycles. The van der Waals surface area contributed by atoms with E-state index < -0.39 is 27.5 Å². The van der Waals surface area contributed by atoms with E-state index in [-0.39, 0.29) is 33.5 Å². The van der Waals surface area contributed by atoms with Crippen LogP contribution < -0.4 is 10.6 Å². The molecule has 6 rings (SSSR count). The number of fused-ring (bicyclic) bond motifs is 1. The molecule has 0 saturated carbocycles. The van der Waals surface area contributed by atoms with E-state index >= 15 is 0 Å². The Morgan fingerprint density at radius 2 is 1.89 bits per heavy atom. The highest BCUT2D eigenvalue weighted by Gasteiger charge is 2.37. The molecule has 236 valence electrons. The monoisotopic (exact) mass is 639 g/mol. The topological polar surface area (TPSA) is 128 Å². The fourth-order valence-electron chi connectivity index (χ4n) is 5.85. The van der Waals surface area contributed by atoms with Gasteiger partial charge >= 0.3 is 6.18 Å². The number of benzene rings is 1. The van der Waals surface area contributed by atoms with E-state index in [1.165, 1.54) is 12.1 Å². The Hall–Kier alpha value is -4.30. The van der Waals surface area contributed by atoms with Gasteiger partial charge in [-0.2, -0.15) is 13.2 Å². The summed E-state index contributed by atoms with van der Waals surface area (Å²) in [6.07, 6.45) is -0.122. The molecule has 1 aromatic carbocycles. The molecule has 1 aliphatic heterocycles. The number of aryl methyl sites for hydroxylation is 2. The summed E-state index contributed by atoms with van der Waals surface area (Å²) in [5.74, 6) is 0.937. The smallest absolute Gasteiger partial charge is 0.361 e. The van der Waals surface area contributed by atoms with Crippen LogP contribution in [0.25, 0.3) is 33.5 Å². The lowest BCUT2D eigenvalue weighted by Gasteiger charge is -2.21. The van der Waals surface area contributed by atoms with E-state index in [4.69, 9.17) is 4.52 Å². The minimum Gasteiger partial charge on any atom is -0.361 e. The first-order valence-electron chi connectivity index (χ1n) is 14.6. The summed E-state index contributed by atoms with van der Waals surface area (Å²) < 4.78 is 77.4. The van der Waals surface area contributed by atoms with Gasteiger partial charge in [-0.3, -0.25) is 0 Å². The van der Waals surface area contributed by atoms with Gasteiger partial charge in [0.2, 0.25) is 5.95 Å². The first kappa shape index (κ1) is 30.7. The number of pyridine rings is 1. The lowest BCUT2D eigenvalue weighted by Crippen LogP contribution is -2.32. The average Bonchev–Trinajstić information content (AvgIpc) is 3.47. The normalized spacial score (nSPS) is 17.8. The van der Waals surface area contributed by atoms with Gasteiger partial charge in [-0.05, 0) is 63.4 Å². The Balaban J connectivity index is 1.55. The highest BCUT2D eigenvalue weighted by Crippen LogP contribution is 2.41. The SMILES string of the molecule is CC[C@@H]1CCNC[C@H](Nc2ncc(C(F)(F)F)c(-c3cn(S(=O)(=O)c4ccccc4)c4nc(-c5c(C)noc5C)ccc34)n2)C1. The van der Waals surface area contributed by atoms with E-state index in [9.17, 15) is 21.6 Å². The van der Waals surface area contributed by atoms with Crippen LogP contribution in [0.15, 0.2) is 64.3 Å². The van der Waals surface area contributed by atoms with Gasteiger partial charge < -0.3 is 15.2 Å². The molecule has 0 bridgehead atoms. The maximum Gasteiger partial charge on any atom is 0.419 e. The van der Waals surface area contributed by atoms with E-state index in [0.717, 1.165) is 42.2 Å². The van der Waals surface area contributed by atoms with Crippen LogP contribution in [-0.4, -0.2) is 51.6 Å². The van der Waals surface area contributed by atoms with Gasteiger partial charge in [0.25, 0.3) is 10.0 Å². The van der Waals surface area contributed by atoms with Crippen molar-refractivity contribution in [2.45, 2.75) is 57.1 Å². The molecular weight excluding hydrogens is 607 g/mol. The minimum absolute atomic E-state index is 0.0219. The molecule has 1 fully saturated rings. The van der Waals surface area contributed by atoms with Crippen molar-refractivity contribution in [1.29, 1.82) is 0 Å². The molecule has 45 heavy (non-hydrogen) atoms. The molecule has 5 heterocycles. The van der Waals surface area contributed by atoms with Gasteiger partial charge in [-0.1, -0.05) is 36.7 Å². The first-order chi connectivity index (χ1) is 21.5. The molecule has 0 unspecified atom stereocenters. The van der Waals surface area contributed by atoms with Gasteiger partial charge in [-0.15, -0.1) is 0 Å². The summed E-state index contributed by atoms with van der Waals surface area (Å²) >= 11 is 0. The standard InChI is InChI=1S/C31H32F3N7O3S/c1-4-20-12-13-35-15-21(14-20)37-30-36-16-25(31(32,33)34)28(39-30)24-17-41(45(42,43)22-8-6-5-7-9-22)29-23(24)10-11-26(38-29)27-18(2)40-44-19(27)3/h5-11,16-17,20-21,35H,4,12-15H2,1-3H3,(H,36,37,39)/t20-,21-/m1/s1. The van der Waals surface area contributed by atoms with E-state index in [0.29, 0.717) is 35.2 Å². The lowest BCUT2D eigenvalue weighted by molar-refractivity contribution is -0.137. The molecule has 10 nitrogen and oxygen atoms in total. The van der Waals surface area contributed by atoms with Crippen LogP contribution in [0.3, 0.4) is 0 Å². The number of nitrogens with zero attached hydrogens (tertiary/aromatic N) is 5. The highest BCUT2D eigenvalue weighted by atomic mass is 32.2. The van der Waals surface area contributed by atoms with Crippen LogP contribution in [0.1, 0.15) is 43.2 Å². The number of hydrogen-bond acceptors (Lipinski definition) is 9. The second-order valence-corrected chi connectivity index (χ2v) is 13.0. The van der Waals surface area contributed by atoms with Crippen LogP contribution >= 0.6 is 0 Å². The maximum absolute atomic E-state index is 14.5. The summed E-state index contributed by atoms with van der Waals surface area (Å²) in [4.78, 5) is 13.0. The Morgan fingerprint density at radius 3 is 2.58 bits per heavy atom. The molecule has 5 aromatic rings. The lowest BCUT2D eigenvalue weighted by atomic mass is 9.95. The van der Waals surface area contributed by atoms with Gasteiger partial charge in [0, 0.05) is 35.9 Å². The van der Waals surface area contributed by atoms with Gasteiger partial charge in [-0.25, -0.2) is 27.3 Å². The van der Waals surface area contributed by atoms with E-state index in [1.807, 2.05) is 0 Å². The number of rotatable bonds is 7. The third-order valence-electron chi connectivity index (χ3n) is 8.21. The third kappa shape index (κ3) is 5.91. The zero-order valence-corrected chi connectivity index (χ0v) is 25.7. The van der Waals surface area contributed by atoms with Gasteiger partial charge in [0.1, 0.15) is 11.3 Å². The summed E-state index contributed by atoms with van der Waals surface area (Å²) in [7, 11) is -4.29. The largest absolute Gasteiger partial charge is 0.419 e. The van der Waals surface area contributed by atoms with Crippen molar-refractivity contribution < 1.29 is 26.1 Å². The van der Waals surface area contributed by atoms with E-state index in [2.05, 4.69) is 37.7 Å². The van der Waals surface area contributed by atoms with Gasteiger partial charge in [0.15, 0.2) is 5.65 Å². The molecule has 0 aliphatic carbocycles. The Morgan fingerprint density at radius 1 is 1.11 bits per heavy atom. The van der Waals surface area contributed by atoms with Crippen molar-refractivity contribution in [3.8, 4) is 22.5 Å². The summed E-state index contributed by atoms with van der Waals surface area (Å²) in [6, 6.07) is 10.7. The molecule has 0 amide bonds. The number of anilines is 1. The molecule has 4 aromatic heterocycles. The van der Waals surface area contributed by atoms with Crippen LogP contribution in [0.5, 0.6) is 0 Å². The molecule has 2 N–H and O–H groups in total. The quantitative estimate of drug-likeness (QED) is 0.214. The van der Waals surface area contributed by atoms with Crippen molar-refractivity contribution in [2.24, 2.45) is 5.92 Å². The van der Waals surface area contributed by atoms with Crippen molar-refractivity contribution in [2.75, 3.05) is 18.4 Å². The summed E-state index contributed by atoms with van der Waals surface area (Å²) in [5, 5.41) is 10.7. The van der Waals surface area contributed by atoms with Crippen molar-refractivity contribution in [3.63, 3.8) is 0 Å². The second kappa shape index (κ2) is 11.9. The zero-order valence-electron chi connectivity index (χ0n) is 24.9. The number of nitrogens with one attached hydrogen (secondary N) is 2. The van der Waals surface area contributed by atoms with Crippen LogP contribution in [0.4, 0.5) is 19.1 Å². The van der Waals surface area contributed by atoms with Crippen molar-refractivity contribution in [1.82, 2.24) is 29.4 Å². The van der Waals surface area contributed by atoms with Gasteiger partial charge in [0.05, 0.1) is 27.5 Å². The predicted octanol–water partition coefficient (Wildman–Crippen LogP) is 6.21. The molecular formula is C31H32F3N7O3S. The van der Waals surface area contributed by atoms with Crippen LogP contribution in [0.2, 0.25) is 0 Å². The van der Waals surface area contributed by atoms with Crippen molar-refractivity contribution >= 4 is 27.0 Å². The first-order valence-corrected chi connectivity index (χ1v) is 16.1. The number of alkyl halides is 3. The average molecular weight is 640 g/mol. The molecule has 0 spiro atoms.